The van der Waals surface area contributed by atoms with E-state index in [0.29, 0.717) is 36.4 Å². The van der Waals surface area contributed by atoms with Crippen LogP contribution in [0.4, 0.5) is 13.2 Å². The summed E-state index contributed by atoms with van der Waals surface area (Å²) >= 11 is 0. The van der Waals surface area contributed by atoms with E-state index >= 15 is 0 Å². The number of fused-ring (bicyclic) bond motifs is 1. The molecule has 5 rings (SSSR count). The normalized spacial score (nSPS) is 19.1. The summed E-state index contributed by atoms with van der Waals surface area (Å²) in [5, 5.41) is 13.2. The molecule has 202 valence electrons. The molecular formula is C29H31F3N2O4. The van der Waals surface area contributed by atoms with Crippen LogP contribution in [0.5, 0.6) is 5.75 Å². The van der Waals surface area contributed by atoms with Gasteiger partial charge in [-0.25, -0.2) is 0 Å². The largest absolute Gasteiger partial charge is 0.486 e. The van der Waals surface area contributed by atoms with E-state index in [0.717, 1.165) is 55.5 Å². The van der Waals surface area contributed by atoms with E-state index in [4.69, 9.17) is 9.26 Å². The number of nitrogens with zero attached hydrogens (tertiary/aromatic N) is 2. The fraction of sp³-hybridized carbons (Fsp3) is 0.448. The summed E-state index contributed by atoms with van der Waals surface area (Å²) in [5.74, 6) is -0.834. The van der Waals surface area contributed by atoms with Gasteiger partial charge in [0, 0.05) is 18.5 Å². The molecule has 0 spiro atoms. The fourth-order valence-electron chi connectivity index (χ4n) is 5.74. The lowest BCUT2D eigenvalue weighted by Crippen LogP contribution is -2.26. The van der Waals surface area contributed by atoms with Crippen molar-refractivity contribution in [3.8, 4) is 5.75 Å². The highest BCUT2D eigenvalue weighted by molar-refractivity contribution is 5.68. The highest BCUT2D eigenvalue weighted by Gasteiger charge is 2.38. The number of benzene rings is 2. The Labute approximate surface area is 219 Å². The third-order valence-electron chi connectivity index (χ3n) is 7.61. The molecule has 2 heterocycles. The van der Waals surface area contributed by atoms with Crippen molar-refractivity contribution in [2.45, 2.75) is 69.7 Å². The van der Waals surface area contributed by atoms with Crippen LogP contribution in [0.1, 0.15) is 84.1 Å². The predicted molar refractivity (Wildman–Crippen MR) is 134 cm³/mol. The van der Waals surface area contributed by atoms with Crippen LogP contribution in [-0.2, 0) is 23.9 Å². The second kappa shape index (κ2) is 11.2. The van der Waals surface area contributed by atoms with Crippen LogP contribution in [0.15, 0.2) is 53.3 Å². The van der Waals surface area contributed by atoms with E-state index < -0.39 is 23.6 Å². The molecule has 1 aliphatic heterocycles. The van der Waals surface area contributed by atoms with Crippen molar-refractivity contribution in [1.82, 2.24) is 10.1 Å². The molecule has 6 nitrogen and oxygen atoms in total. The van der Waals surface area contributed by atoms with Crippen LogP contribution in [-0.4, -0.2) is 34.2 Å². The Morgan fingerprint density at radius 3 is 2.45 bits per heavy atom. The van der Waals surface area contributed by atoms with E-state index in [1.807, 2.05) is 0 Å². The highest BCUT2D eigenvalue weighted by Crippen LogP contribution is 2.43. The number of ether oxygens (including phenoxy) is 1. The van der Waals surface area contributed by atoms with Gasteiger partial charge in [0.2, 0.25) is 0 Å². The van der Waals surface area contributed by atoms with Gasteiger partial charge in [-0.15, -0.1) is 0 Å². The summed E-state index contributed by atoms with van der Waals surface area (Å²) < 4.78 is 53.1. The first kappa shape index (κ1) is 26.3. The number of carbonyl (C=O) groups is 1. The van der Waals surface area contributed by atoms with Crippen molar-refractivity contribution in [2.24, 2.45) is 0 Å². The molecule has 38 heavy (non-hydrogen) atoms. The van der Waals surface area contributed by atoms with E-state index in [-0.39, 0.29) is 12.5 Å². The average molecular weight is 529 g/mol. The van der Waals surface area contributed by atoms with Crippen LogP contribution >= 0.6 is 0 Å². The van der Waals surface area contributed by atoms with Gasteiger partial charge in [-0.3, -0.25) is 9.69 Å². The molecule has 0 saturated carbocycles. The number of halogens is 3. The predicted octanol–water partition coefficient (Wildman–Crippen LogP) is 6.74. The zero-order chi connectivity index (χ0) is 26.7. The van der Waals surface area contributed by atoms with Gasteiger partial charge < -0.3 is 14.4 Å². The molecule has 1 aliphatic carbocycles. The lowest BCUT2D eigenvalue weighted by atomic mass is 9.92. The number of alkyl halides is 3. The number of hydrogen-bond donors (Lipinski definition) is 1. The monoisotopic (exact) mass is 528 g/mol. The van der Waals surface area contributed by atoms with Gasteiger partial charge in [0.05, 0.1) is 17.7 Å². The Hall–Kier alpha value is -3.33. The summed E-state index contributed by atoms with van der Waals surface area (Å²) in [6.45, 7) is 1.96. The molecule has 2 atom stereocenters. The molecule has 0 unspecified atom stereocenters. The number of aliphatic carboxylic acids is 1. The number of aromatic nitrogens is 1. The average Bonchev–Trinajstić information content (AvgIpc) is 3.48. The zero-order valence-electron chi connectivity index (χ0n) is 21.0. The summed E-state index contributed by atoms with van der Waals surface area (Å²) in [7, 11) is 0. The van der Waals surface area contributed by atoms with Crippen molar-refractivity contribution < 1.29 is 32.3 Å². The van der Waals surface area contributed by atoms with Gasteiger partial charge in [-0.2, -0.15) is 13.2 Å². The van der Waals surface area contributed by atoms with Crippen LogP contribution in [0.25, 0.3) is 0 Å². The van der Waals surface area contributed by atoms with Crippen molar-refractivity contribution in [1.29, 1.82) is 0 Å². The topological polar surface area (TPSA) is 75.8 Å². The number of hydrogen-bond acceptors (Lipinski definition) is 5. The number of rotatable bonds is 8. The van der Waals surface area contributed by atoms with Gasteiger partial charge in [0.1, 0.15) is 18.1 Å². The van der Waals surface area contributed by atoms with E-state index in [9.17, 15) is 23.1 Å². The maximum Gasteiger partial charge on any atom is 0.416 e. The van der Waals surface area contributed by atoms with E-state index in [2.05, 4.69) is 10.1 Å². The van der Waals surface area contributed by atoms with Gasteiger partial charge >= 0.3 is 12.1 Å². The van der Waals surface area contributed by atoms with Crippen molar-refractivity contribution in [3.05, 3.63) is 82.2 Å². The second-order valence-electron chi connectivity index (χ2n) is 10.1. The van der Waals surface area contributed by atoms with Gasteiger partial charge in [0.25, 0.3) is 0 Å². The molecule has 1 N–H and O–H groups in total. The number of carboxylic acid groups (broad SMARTS) is 1. The molecule has 0 radical (unpaired) electrons. The lowest BCUT2D eigenvalue weighted by Gasteiger charge is -2.25. The van der Waals surface area contributed by atoms with Crippen molar-refractivity contribution in [3.63, 3.8) is 0 Å². The van der Waals surface area contributed by atoms with Gasteiger partial charge in [0.15, 0.2) is 0 Å². The molecule has 1 fully saturated rings. The SMILES string of the molecule is O=C(O)C[C@@H](c1ccc(O[C@@H]2CCc3c2ccc(C(F)(F)F)c3CN2CCCCCC2)cc1)c1ccon1. The third-order valence-corrected chi connectivity index (χ3v) is 7.61. The number of likely N-dealkylation sites (tertiary alicyclic amines) is 1. The minimum atomic E-state index is -4.40. The molecular weight excluding hydrogens is 497 g/mol. The molecule has 3 aromatic rings. The van der Waals surface area contributed by atoms with E-state index in [1.54, 1.807) is 36.4 Å². The molecule has 9 heteroatoms. The molecule has 2 aromatic carbocycles. The zero-order valence-corrected chi connectivity index (χ0v) is 21.0. The maximum atomic E-state index is 14.0. The Bertz CT molecular complexity index is 1230. The lowest BCUT2D eigenvalue weighted by molar-refractivity contribution is -0.139. The smallest absolute Gasteiger partial charge is 0.416 e. The Morgan fingerprint density at radius 1 is 1.08 bits per heavy atom. The standard InChI is InChI=1S/C29H31F3N2O4/c30-29(31,32)25-11-9-22-21(24(25)18-34-14-3-1-2-4-15-34)10-12-27(22)38-20-7-5-19(6-8-20)23(17-28(35)36)26-13-16-37-33-26/h5-9,11,13,16,23,27H,1-4,10,12,14-15,17-18H2,(H,35,36)/t23-,27+/m0/s1. The number of carboxylic acids is 1. The minimum absolute atomic E-state index is 0.135. The summed E-state index contributed by atoms with van der Waals surface area (Å²) in [6, 6.07) is 11.6. The van der Waals surface area contributed by atoms with Gasteiger partial charge in [-0.1, -0.05) is 36.2 Å². The molecule has 0 bridgehead atoms. The Kier molecular flexibility index (Phi) is 7.74. The fourth-order valence-corrected chi connectivity index (χ4v) is 5.74. The van der Waals surface area contributed by atoms with Crippen molar-refractivity contribution >= 4 is 5.97 Å². The summed E-state index contributed by atoms with van der Waals surface area (Å²) in [5.41, 5.74) is 2.72. The molecule has 0 amide bonds. The molecule has 1 saturated heterocycles. The van der Waals surface area contributed by atoms with Crippen molar-refractivity contribution in [2.75, 3.05) is 13.1 Å². The van der Waals surface area contributed by atoms with E-state index in [1.165, 1.54) is 12.3 Å². The summed E-state index contributed by atoms with van der Waals surface area (Å²) in [4.78, 5) is 13.6. The Morgan fingerprint density at radius 2 is 1.82 bits per heavy atom. The molecule has 1 aromatic heterocycles. The van der Waals surface area contributed by atoms with Crippen LogP contribution in [0.3, 0.4) is 0 Å². The molecule has 2 aliphatic rings. The van der Waals surface area contributed by atoms with Crippen LogP contribution in [0, 0.1) is 0 Å². The first-order chi connectivity index (χ1) is 18.3. The summed E-state index contributed by atoms with van der Waals surface area (Å²) in [6.07, 6.45) is 1.95. The Balaban J connectivity index is 1.37. The first-order valence-corrected chi connectivity index (χ1v) is 13.1. The van der Waals surface area contributed by atoms with Crippen LogP contribution in [0.2, 0.25) is 0 Å². The first-order valence-electron chi connectivity index (χ1n) is 13.1. The highest BCUT2D eigenvalue weighted by atomic mass is 19.4. The van der Waals surface area contributed by atoms with Gasteiger partial charge in [-0.05, 0) is 79.2 Å². The van der Waals surface area contributed by atoms with Crippen LogP contribution < -0.4 is 4.74 Å². The quantitative estimate of drug-likeness (QED) is 0.349. The second-order valence-corrected chi connectivity index (χ2v) is 10.1. The minimum Gasteiger partial charge on any atom is -0.486 e. The third kappa shape index (κ3) is 5.88. The maximum absolute atomic E-state index is 14.0.